The number of rotatable bonds is 7. The monoisotopic (exact) mass is 448 g/mol. The minimum absolute atomic E-state index is 0.0351. The maximum atomic E-state index is 13.0. The standard InChI is InChI=1S/C19H20ClF3N2O3S/c1-3-5-16(12-6-4-7-14(10-12)19(21,22)23)24-18(26)13-8-9-15(20)17(11-13)25-29(2,27)28/h4,6-11,16,25H,3,5H2,1-2H3,(H,24,26)/t16-/m0/s1. The van der Waals surface area contributed by atoms with Crippen molar-refractivity contribution >= 4 is 33.2 Å². The average molecular weight is 449 g/mol. The van der Waals surface area contributed by atoms with Gasteiger partial charge in [0.05, 0.1) is 28.6 Å². The van der Waals surface area contributed by atoms with E-state index >= 15 is 0 Å². The van der Waals surface area contributed by atoms with E-state index in [0.717, 1.165) is 18.4 Å². The van der Waals surface area contributed by atoms with Gasteiger partial charge in [0.2, 0.25) is 10.0 Å². The van der Waals surface area contributed by atoms with Crippen LogP contribution >= 0.6 is 11.6 Å². The van der Waals surface area contributed by atoms with Crippen LogP contribution in [0.2, 0.25) is 5.02 Å². The van der Waals surface area contributed by atoms with Crippen molar-refractivity contribution in [1.82, 2.24) is 5.32 Å². The van der Waals surface area contributed by atoms with Gasteiger partial charge in [-0.25, -0.2) is 8.42 Å². The molecule has 1 amide bonds. The molecule has 29 heavy (non-hydrogen) atoms. The highest BCUT2D eigenvalue weighted by atomic mass is 35.5. The molecule has 158 valence electrons. The number of hydrogen-bond donors (Lipinski definition) is 2. The maximum absolute atomic E-state index is 13.0. The van der Waals surface area contributed by atoms with Crippen molar-refractivity contribution in [2.45, 2.75) is 32.0 Å². The molecule has 0 fully saturated rings. The highest BCUT2D eigenvalue weighted by molar-refractivity contribution is 7.92. The molecule has 0 aliphatic carbocycles. The number of carbonyl (C=O) groups excluding carboxylic acids is 1. The molecule has 2 aromatic rings. The molecule has 2 aromatic carbocycles. The number of alkyl halides is 3. The summed E-state index contributed by atoms with van der Waals surface area (Å²) in [6.45, 7) is 1.85. The Hall–Kier alpha value is -2.26. The van der Waals surface area contributed by atoms with E-state index in [1.54, 1.807) is 0 Å². The van der Waals surface area contributed by atoms with Crippen LogP contribution in [0.25, 0.3) is 0 Å². The molecule has 2 rings (SSSR count). The van der Waals surface area contributed by atoms with Gasteiger partial charge in [-0.2, -0.15) is 13.2 Å². The molecule has 0 heterocycles. The first-order chi connectivity index (χ1) is 13.4. The Labute approximate surface area is 172 Å². The summed E-state index contributed by atoms with van der Waals surface area (Å²) < 4.78 is 64.1. The van der Waals surface area contributed by atoms with Gasteiger partial charge in [-0.15, -0.1) is 0 Å². The lowest BCUT2D eigenvalue weighted by atomic mass is 9.99. The van der Waals surface area contributed by atoms with Gasteiger partial charge in [-0.3, -0.25) is 9.52 Å². The normalized spacial score (nSPS) is 13.0. The Balaban J connectivity index is 2.30. The summed E-state index contributed by atoms with van der Waals surface area (Å²) in [4.78, 5) is 12.7. The van der Waals surface area contributed by atoms with Crippen molar-refractivity contribution in [2.24, 2.45) is 0 Å². The van der Waals surface area contributed by atoms with E-state index in [0.29, 0.717) is 18.4 Å². The SMILES string of the molecule is CCC[C@H](NC(=O)c1ccc(Cl)c(NS(C)(=O)=O)c1)c1cccc(C(F)(F)F)c1. The smallest absolute Gasteiger partial charge is 0.345 e. The first kappa shape index (κ1) is 23.0. The molecule has 0 bridgehead atoms. The summed E-state index contributed by atoms with van der Waals surface area (Å²) in [6.07, 6.45) is -2.49. The second-order valence-electron chi connectivity index (χ2n) is 6.51. The van der Waals surface area contributed by atoms with Crippen LogP contribution in [0.1, 0.15) is 47.3 Å². The van der Waals surface area contributed by atoms with Gasteiger partial charge >= 0.3 is 6.18 Å². The third-order valence-corrected chi connectivity index (χ3v) is 4.94. The van der Waals surface area contributed by atoms with Crippen molar-refractivity contribution in [3.8, 4) is 0 Å². The Morgan fingerprint density at radius 2 is 1.86 bits per heavy atom. The van der Waals surface area contributed by atoms with Gasteiger partial charge in [-0.05, 0) is 42.3 Å². The summed E-state index contributed by atoms with van der Waals surface area (Å²) >= 11 is 5.95. The third-order valence-electron chi connectivity index (χ3n) is 4.02. The lowest BCUT2D eigenvalue weighted by Gasteiger charge is -2.20. The Morgan fingerprint density at radius 1 is 1.17 bits per heavy atom. The van der Waals surface area contributed by atoms with Gasteiger partial charge in [-0.1, -0.05) is 37.1 Å². The van der Waals surface area contributed by atoms with Gasteiger partial charge < -0.3 is 5.32 Å². The van der Waals surface area contributed by atoms with E-state index in [-0.39, 0.29) is 16.3 Å². The van der Waals surface area contributed by atoms with E-state index in [1.165, 1.54) is 30.3 Å². The van der Waals surface area contributed by atoms with E-state index < -0.39 is 33.7 Å². The molecular weight excluding hydrogens is 429 g/mol. The number of hydrogen-bond acceptors (Lipinski definition) is 3. The molecule has 0 saturated carbocycles. The topological polar surface area (TPSA) is 75.3 Å². The second kappa shape index (κ2) is 9.04. The lowest BCUT2D eigenvalue weighted by Crippen LogP contribution is -2.29. The van der Waals surface area contributed by atoms with Gasteiger partial charge in [0.1, 0.15) is 0 Å². The van der Waals surface area contributed by atoms with E-state index in [1.807, 2.05) is 6.92 Å². The van der Waals surface area contributed by atoms with Crippen molar-refractivity contribution in [3.05, 3.63) is 64.2 Å². The summed E-state index contributed by atoms with van der Waals surface area (Å²) in [5.74, 6) is -0.561. The van der Waals surface area contributed by atoms with E-state index in [2.05, 4.69) is 10.0 Å². The molecule has 0 aliphatic rings. The van der Waals surface area contributed by atoms with E-state index in [9.17, 15) is 26.4 Å². The zero-order valence-corrected chi connectivity index (χ0v) is 17.3. The molecule has 2 N–H and O–H groups in total. The van der Waals surface area contributed by atoms with Crippen molar-refractivity contribution in [2.75, 3.05) is 11.0 Å². The Kier molecular flexibility index (Phi) is 7.18. The fraction of sp³-hybridized carbons (Fsp3) is 0.316. The molecule has 0 aromatic heterocycles. The van der Waals surface area contributed by atoms with Crippen LogP contribution in [0.3, 0.4) is 0 Å². The first-order valence-corrected chi connectivity index (χ1v) is 10.9. The number of sulfonamides is 1. The fourth-order valence-corrected chi connectivity index (χ4v) is 3.52. The largest absolute Gasteiger partial charge is 0.416 e. The molecule has 0 radical (unpaired) electrons. The predicted octanol–water partition coefficient (Wildman–Crippen LogP) is 5.00. The highest BCUT2D eigenvalue weighted by Gasteiger charge is 2.31. The molecular formula is C19H20ClF3N2O3S. The number of halogens is 4. The Morgan fingerprint density at radius 3 is 2.45 bits per heavy atom. The van der Waals surface area contributed by atoms with Crippen molar-refractivity contribution in [3.63, 3.8) is 0 Å². The minimum Gasteiger partial charge on any atom is -0.345 e. The first-order valence-electron chi connectivity index (χ1n) is 8.66. The van der Waals surface area contributed by atoms with Gasteiger partial charge in [0.15, 0.2) is 0 Å². The van der Waals surface area contributed by atoms with Crippen molar-refractivity contribution in [1.29, 1.82) is 0 Å². The van der Waals surface area contributed by atoms with E-state index in [4.69, 9.17) is 11.6 Å². The minimum atomic E-state index is -4.49. The van der Waals surface area contributed by atoms with Gasteiger partial charge in [0.25, 0.3) is 5.91 Å². The average Bonchev–Trinajstić information content (AvgIpc) is 2.61. The molecule has 0 unspecified atom stereocenters. The summed E-state index contributed by atoms with van der Waals surface area (Å²) in [7, 11) is -3.61. The fourth-order valence-electron chi connectivity index (χ4n) is 2.73. The molecule has 0 spiro atoms. The second-order valence-corrected chi connectivity index (χ2v) is 8.66. The number of anilines is 1. The Bertz CT molecular complexity index is 994. The van der Waals surface area contributed by atoms with Crippen LogP contribution in [0.4, 0.5) is 18.9 Å². The summed E-state index contributed by atoms with van der Waals surface area (Å²) in [5.41, 5.74) is -0.309. The predicted molar refractivity (Wildman–Crippen MR) is 106 cm³/mol. The van der Waals surface area contributed by atoms with Crippen LogP contribution in [0, 0.1) is 0 Å². The molecule has 10 heteroatoms. The molecule has 1 atom stereocenters. The quantitative estimate of drug-likeness (QED) is 0.625. The van der Waals surface area contributed by atoms with Crippen LogP contribution < -0.4 is 10.0 Å². The van der Waals surface area contributed by atoms with Crippen LogP contribution in [0.15, 0.2) is 42.5 Å². The number of benzene rings is 2. The van der Waals surface area contributed by atoms with Crippen LogP contribution in [0.5, 0.6) is 0 Å². The highest BCUT2D eigenvalue weighted by Crippen LogP contribution is 2.32. The number of nitrogens with one attached hydrogen (secondary N) is 2. The molecule has 0 aliphatic heterocycles. The van der Waals surface area contributed by atoms with Crippen LogP contribution in [-0.4, -0.2) is 20.6 Å². The van der Waals surface area contributed by atoms with Crippen LogP contribution in [-0.2, 0) is 16.2 Å². The maximum Gasteiger partial charge on any atom is 0.416 e. The number of carbonyl (C=O) groups is 1. The lowest BCUT2D eigenvalue weighted by molar-refractivity contribution is -0.137. The summed E-state index contributed by atoms with van der Waals surface area (Å²) in [5, 5.41) is 2.82. The third kappa shape index (κ3) is 6.64. The molecule has 5 nitrogen and oxygen atoms in total. The van der Waals surface area contributed by atoms with Crippen molar-refractivity contribution < 1.29 is 26.4 Å². The zero-order chi connectivity index (χ0) is 21.8. The molecule has 0 saturated heterocycles. The zero-order valence-electron chi connectivity index (χ0n) is 15.7. The summed E-state index contributed by atoms with van der Waals surface area (Å²) in [6, 6.07) is 8.20. The van der Waals surface area contributed by atoms with Gasteiger partial charge in [0, 0.05) is 5.56 Å². The number of amides is 1.